The Bertz CT molecular complexity index is 858. The Balaban J connectivity index is 1.93. The lowest BCUT2D eigenvalue weighted by Crippen LogP contribution is -2.20. The Morgan fingerprint density at radius 2 is 1.85 bits per heavy atom. The molecule has 7 nitrogen and oxygen atoms in total. The summed E-state index contributed by atoms with van der Waals surface area (Å²) >= 11 is 5.83. The van der Waals surface area contributed by atoms with Gasteiger partial charge in [0.15, 0.2) is 13.2 Å². The van der Waals surface area contributed by atoms with Gasteiger partial charge in [-0.3, -0.25) is 4.79 Å². The number of hydrogen-bond acceptors (Lipinski definition) is 6. The first-order chi connectivity index (χ1) is 12.8. The van der Waals surface area contributed by atoms with E-state index in [9.17, 15) is 14.4 Å². The summed E-state index contributed by atoms with van der Waals surface area (Å²) < 4.78 is 15.2. The average molecular weight is 394 g/mol. The van der Waals surface area contributed by atoms with Crippen molar-refractivity contribution in [2.24, 2.45) is 0 Å². The molecule has 0 amide bonds. The van der Waals surface area contributed by atoms with Crippen LogP contribution in [0.5, 0.6) is 5.75 Å². The second-order valence-corrected chi connectivity index (χ2v) is 6.11. The van der Waals surface area contributed by atoms with Crippen molar-refractivity contribution in [3.05, 3.63) is 51.8 Å². The Morgan fingerprint density at radius 3 is 2.52 bits per heavy atom. The van der Waals surface area contributed by atoms with Gasteiger partial charge < -0.3 is 19.2 Å². The van der Waals surface area contributed by atoms with Gasteiger partial charge in [-0.05, 0) is 44.5 Å². The Morgan fingerprint density at radius 1 is 1.11 bits per heavy atom. The molecule has 1 aromatic heterocycles. The fourth-order valence-electron chi connectivity index (χ4n) is 2.53. The largest absolute Gasteiger partial charge is 0.482 e. The summed E-state index contributed by atoms with van der Waals surface area (Å²) in [6, 6.07) is 6.57. The molecular formula is C19H20ClNO6. The van der Waals surface area contributed by atoms with Gasteiger partial charge in [0.2, 0.25) is 5.78 Å². The van der Waals surface area contributed by atoms with E-state index >= 15 is 0 Å². The highest BCUT2D eigenvalue weighted by atomic mass is 35.5. The van der Waals surface area contributed by atoms with Gasteiger partial charge in [0, 0.05) is 16.3 Å². The number of ketones is 1. The molecule has 2 aromatic rings. The molecule has 0 aliphatic heterocycles. The van der Waals surface area contributed by atoms with Crippen LogP contribution in [0.3, 0.4) is 0 Å². The molecule has 0 unspecified atom stereocenters. The van der Waals surface area contributed by atoms with Crippen LogP contribution in [0.2, 0.25) is 5.02 Å². The fourth-order valence-corrected chi connectivity index (χ4v) is 2.71. The van der Waals surface area contributed by atoms with E-state index in [2.05, 4.69) is 4.98 Å². The first kappa shape index (κ1) is 20.5. The molecule has 144 valence electrons. The highest BCUT2D eigenvalue weighted by Gasteiger charge is 2.23. The van der Waals surface area contributed by atoms with E-state index < -0.39 is 24.3 Å². The van der Waals surface area contributed by atoms with E-state index in [0.29, 0.717) is 27.6 Å². The topological polar surface area (TPSA) is 94.7 Å². The quantitative estimate of drug-likeness (QED) is 0.546. The summed E-state index contributed by atoms with van der Waals surface area (Å²) in [5.74, 6) is -1.24. The Kier molecular flexibility index (Phi) is 7.01. The van der Waals surface area contributed by atoms with Crippen LogP contribution in [-0.4, -0.2) is 42.5 Å². The van der Waals surface area contributed by atoms with Crippen LogP contribution >= 0.6 is 11.6 Å². The summed E-state index contributed by atoms with van der Waals surface area (Å²) in [6.07, 6.45) is 0. The molecule has 0 fully saturated rings. The Hall–Kier alpha value is -2.80. The van der Waals surface area contributed by atoms with Crippen LogP contribution in [0.15, 0.2) is 24.3 Å². The number of aromatic nitrogens is 1. The zero-order chi connectivity index (χ0) is 20.0. The first-order valence-electron chi connectivity index (χ1n) is 8.27. The molecule has 0 atom stereocenters. The van der Waals surface area contributed by atoms with E-state index in [0.717, 1.165) is 0 Å². The third-order valence-corrected chi connectivity index (χ3v) is 3.95. The SMILES string of the molecule is CCOC(=O)c1[nH]c(C)c(C(=O)COC(=O)COc2cccc(Cl)c2)c1C. The van der Waals surface area contributed by atoms with Crippen molar-refractivity contribution in [3.63, 3.8) is 0 Å². The molecule has 0 saturated heterocycles. The molecule has 2 rings (SSSR count). The number of rotatable bonds is 8. The van der Waals surface area contributed by atoms with Gasteiger partial charge in [-0.25, -0.2) is 9.59 Å². The lowest BCUT2D eigenvalue weighted by molar-refractivity contribution is -0.144. The number of esters is 2. The molecule has 1 aromatic carbocycles. The zero-order valence-corrected chi connectivity index (χ0v) is 16.0. The van der Waals surface area contributed by atoms with E-state index in [1.54, 1.807) is 45.0 Å². The molecule has 0 aliphatic carbocycles. The molecule has 0 bridgehead atoms. The Labute approximate surface area is 161 Å². The number of nitrogens with one attached hydrogen (secondary N) is 1. The molecule has 27 heavy (non-hydrogen) atoms. The average Bonchev–Trinajstić information content (AvgIpc) is 2.92. The second-order valence-electron chi connectivity index (χ2n) is 5.68. The van der Waals surface area contributed by atoms with Crippen molar-refractivity contribution in [2.45, 2.75) is 20.8 Å². The van der Waals surface area contributed by atoms with Crippen LogP contribution in [0.25, 0.3) is 0 Å². The highest BCUT2D eigenvalue weighted by molar-refractivity contribution is 6.30. The summed E-state index contributed by atoms with van der Waals surface area (Å²) in [5.41, 5.74) is 1.49. The number of halogens is 1. The third-order valence-electron chi connectivity index (χ3n) is 3.71. The van der Waals surface area contributed by atoms with Crippen LogP contribution < -0.4 is 4.74 Å². The monoisotopic (exact) mass is 393 g/mol. The molecule has 1 heterocycles. The zero-order valence-electron chi connectivity index (χ0n) is 15.3. The van der Waals surface area contributed by atoms with E-state index in [1.165, 1.54) is 0 Å². The summed E-state index contributed by atoms with van der Waals surface area (Å²) in [4.78, 5) is 38.9. The fraction of sp³-hybridized carbons (Fsp3) is 0.316. The first-order valence-corrected chi connectivity index (χ1v) is 8.64. The van der Waals surface area contributed by atoms with Crippen molar-refractivity contribution in [1.82, 2.24) is 4.98 Å². The minimum atomic E-state index is -0.695. The number of Topliss-reactive ketones (excluding diaryl/α,β-unsaturated/α-hetero) is 1. The van der Waals surface area contributed by atoms with Gasteiger partial charge >= 0.3 is 11.9 Å². The van der Waals surface area contributed by atoms with Crippen LogP contribution in [-0.2, 0) is 14.3 Å². The number of carbonyl (C=O) groups excluding carboxylic acids is 3. The molecule has 1 N–H and O–H groups in total. The molecule has 0 aliphatic rings. The standard InChI is InChI=1S/C19H20ClNO6/c1-4-25-19(24)18-11(2)17(12(3)21-18)15(22)9-27-16(23)10-26-14-7-5-6-13(20)8-14/h5-8,21H,4,9-10H2,1-3H3. The summed E-state index contributed by atoms with van der Waals surface area (Å²) in [5, 5.41) is 0.479. The smallest absolute Gasteiger partial charge is 0.355 e. The maximum absolute atomic E-state index is 12.4. The van der Waals surface area contributed by atoms with Gasteiger partial charge in [0.05, 0.1) is 6.61 Å². The number of carbonyl (C=O) groups is 3. The van der Waals surface area contributed by atoms with Crippen molar-refractivity contribution < 1.29 is 28.6 Å². The van der Waals surface area contributed by atoms with Gasteiger partial charge in [0.25, 0.3) is 0 Å². The van der Waals surface area contributed by atoms with Gasteiger partial charge in [-0.2, -0.15) is 0 Å². The normalized spacial score (nSPS) is 10.4. The molecule has 8 heteroatoms. The van der Waals surface area contributed by atoms with Crippen LogP contribution in [0.4, 0.5) is 0 Å². The van der Waals surface area contributed by atoms with E-state index in [-0.39, 0.29) is 18.9 Å². The predicted molar refractivity (Wildman–Crippen MR) is 98.5 cm³/mol. The van der Waals surface area contributed by atoms with Crippen LogP contribution in [0, 0.1) is 13.8 Å². The predicted octanol–water partition coefficient (Wildman–Crippen LogP) is 3.27. The maximum atomic E-state index is 12.4. The van der Waals surface area contributed by atoms with Gasteiger partial charge in [-0.15, -0.1) is 0 Å². The van der Waals surface area contributed by atoms with Crippen molar-refractivity contribution in [1.29, 1.82) is 0 Å². The van der Waals surface area contributed by atoms with Gasteiger partial charge in [-0.1, -0.05) is 17.7 Å². The lowest BCUT2D eigenvalue weighted by Gasteiger charge is -2.07. The van der Waals surface area contributed by atoms with E-state index in [4.69, 9.17) is 25.8 Å². The van der Waals surface area contributed by atoms with Crippen LogP contribution in [0.1, 0.15) is 39.0 Å². The van der Waals surface area contributed by atoms with Gasteiger partial charge in [0.1, 0.15) is 11.4 Å². The number of benzene rings is 1. The minimum Gasteiger partial charge on any atom is -0.482 e. The van der Waals surface area contributed by atoms with Crippen molar-refractivity contribution in [2.75, 3.05) is 19.8 Å². The van der Waals surface area contributed by atoms with E-state index in [1.807, 2.05) is 0 Å². The molecule has 0 saturated carbocycles. The molecular weight excluding hydrogens is 374 g/mol. The second kappa shape index (κ2) is 9.23. The summed E-state index contributed by atoms with van der Waals surface area (Å²) in [6.45, 7) is 4.40. The highest BCUT2D eigenvalue weighted by Crippen LogP contribution is 2.20. The third kappa shape index (κ3) is 5.34. The molecule has 0 spiro atoms. The maximum Gasteiger partial charge on any atom is 0.355 e. The number of hydrogen-bond donors (Lipinski definition) is 1. The molecule has 0 radical (unpaired) electrons. The number of ether oxygens (including phenoxy) is 3. The summed E-state index contributed by atoms with van der Waals surface area (Å²) in [7, 11) is 0. The lowest BCUT2D eigenvalue weighted by atomic mass is 10.1. The minimum absolute atomic E-state index is 0.216. The number of aromatic amines is 1. The number of aryl methyl sites for hydroxylation is 1. The number of H-pyrrole nitrogens is 1. The van der Waals surface area contributed by atoms with Crippen molar-refractivity contribution >= 4 is 29.3 Å². The van der Waals surface area contributed by atoms with Crippen molar-refractivity contribution in [3.8, 4) is 5.75 Å².